The van der Waals surface area contributed by atoms with Crippen LogP contribution in [0.2, 0.25) is 0 Å². The zero-order valence-corrected chi connectivity index (χ0v) is 16.3. The monoisotopic (exact) mass is 361 g/mol. The summed E-state index contributed by atoms with van der Waals surface area (Å²) in [4.78, 5) is 17.4. The van der Waals surface area contributed by atoms with E-state index >= 15 is 0 Å². The van der Waals surface area contributed by atoms with Crippen LogP contribution < -0.4 is 5.32 Å². The smallest absolute Gasteiger partial charge is 0.244 e. The predicted octanol–water partition coefficient (Wildman–Crippen LogP) is 2.07. The molecule has 1 amide bonds. The Bertz CT molecular complexity index is 544. The van der Waals surface area contributed by atoms with Crippen molar-refractivity contribution in [3.8, 4) is 0 Å². The van der Waals surface area contributed by atoms with Crippen molar-refractivity contribution >= 4 is 5.91 Å². The van der Waals surface area contributed by atoms with Gasteiger partial charge in [0.05, 0.1) is 0 Å². The zero-order chi connectivity index (χ0) is 18.2. The van der Waals surface area contributed by atoms with Crippen LogP contribution in [-0.4, -0.2) is 71.3 Å². The van der Waals surface area contributed by atoms with Crippen molar-refractivity contribution < 1.29 is 4.79 Å². The van der Waals surface area contributed by atoms with Gasteiger partial charge in [-0.25, -0.2) is 0 Å². The lowest BCUT2D eigenvalue weighted by Crippen LogP contribution is -2.41. The van der Waals surface area contributed by atoms with Crippen LogP contribution in [0.25, 0.3) is 0 Å². The first-order valence-electron chi connectivity index (χ1n) is 10.5. The number of hydrogen-bond donors (Lipinski definition) is 1. The number of rotatable bonds is 7. The molecule has 0 saturated carbocycles. The average Bonchev–Trinajstić information content (AvgIpc) is 2.96. The van der Waals surface area contributed by atoms with E-state index < -0.39 is 0 Å². The largest absolute Gasteiger partial charge is 0.340 e. The zero-order valence-electron chi connectivity index (χ0n) is 16.3. The molecule has 0 unspecified atom stereocenters. The minimum atomic E-state index is 0.191. The van der Waals surface area contributed by atoms with Gasteiger partial charge in [0.15, 0.2) is 0 Å². The van der Waals surface area contributed by atoms with E-state index in [2.05, 4.69) is 28.3 Å². The summed E-state index contributed by atoms with van der Waals surface area (Å²) in [5.41, 5.74) is 1.20. The molecule has 2 saturated heterocycles. The van der Waals surface area contributed by atoms with Crippen molar-refractivity contribution in [1.82, 2.24) is 24.9 Å². The molecule has 3 heterocycles. The van der Waals surface area contributed by atoms with Crippen LogP contribution in [0.5, 0.6) is 0 Å². The quantitative estimate of drug-likeness (QED) is 0.808. The summed E-state index contributed by atoms with van der Waals surface area (Å²) in [5, 5.41) is 7.90. The lowest BCUT2D eigenvalue weighted by molar-refractivity contribution is -0.132. The fourth-order valence-electron chi connectivity index (χ4n) is 4.24. The number of nitrogens with zero attached hydrogens (tertiary/aromatic N) is 4. The van der Waals surface area contributed by atoms with Crippen molar-refractivity contribution in [2.75, 3.05) is 45.8 Å². The lowest BCUT2D eigenvalue weighted by atomic mass is 9.96. The molecular formula is C20H35N5O. The summed E-state index contributed by atoms with van der Waals surface area (Å²) in [7, 11) is 0. The Morgan fingerprint density at radius 3 is 2.77 bits per heavy atom. The normalized spacial score (nSPS) is 22.1. The van der Waals surface area contributed by atoms with E-state index in [-0.39, 0.29) is 5.91 Å². The van der Waals surface area contributed by atoms with Gasteiger partial charge in [0.25, 0.3) is 0 Å². The number of likely N-dealkylation sites (N-methyl/N-ethyl adjacent to an activating group) is 1. The molecule has 0 aliphatic carbocycles. The summed E-state index contributed by atoms with van der Waals surface area (Å²) in [6, 6.07) is 2.08. The summed E-state index contributed by atoms with van der Waals surface area (Å²) < 4.78 is 1.93. The summed E-state index contributed by atoms with van der Waals surface area (Å²) in [6.45, 7) is 9.51. The first-order chi connectivity index (χ1) is 12.8. The molecule has 6 nitrogen and oxygen atoms in total. The fourth-order valence-corrected chi connectivity index (χ4v) is 4.24. The van der Waals surface area contributed by atoms with E-state index in [9.17, 15) is 4.79 Å². The van der Waals surface area contributed by atoms with Crippen molar-refractivity contribution in [3.05, 3.63) is 18.0 Å². The maximum absolute atomic E-state index is 12.8. The lowest BCUT2D eigenvalue weighted by Gasteiger charge is -2.27. The molecule has 26 heavy (non-hydrogen) atoms. The third-order valence-corrected chi connectivity index (χ3v) is 5.87. The number of carbonyl (C=O) groups is 1. The Morgan fingerprint density at radius 1 is 1.27 bits per heavy atom. The molecule has 1 aromatic rings. The molecule has 1 N–H and O–H groups in total. The summed E-state index contributed by atoms with van der Waals surface area (Å²) in [5.74, 6) is 0.669. The second-order valence-corrected chi connectivity index (χ2v) is 7.69. The van der Waals surface area contributed by atoms with Crippen molar-refractivity contribution in [2.45, 2.75) is 57.9 Å². The highest BCUT2D eigenvalue weighted by atomic mass is 16.2. The third kappa shape index (κ3) is 5.30. The minimum Gasteiger partial charge on any atom is -0.340 e. The number of aromatic nitrogens is 2. The Labute approximate surface area is 157 Å². The van der Waals surface area contributed by atoms with Crippen molar-refractivity contribution in [2.24, 2.45) is 0 Å². The molecule has 0 bridgehead atoms. The first kappa shape index (κ1) is 19.4. The molecular weight excluding hydrogens is 326 g/mol. The van der Waals surface area contributed by atoms with E-state index in [1.54, 1.807) is 0 Å². The van der Waals surface area contributed by atoms with Gasteiger partial charge in [0, 0.05) is 44.0 Å². The van der Waals surface area contributed by atoms with Gasteiger partial charge >= 0.3 is 0 Å². The molecule has 2 fully saturated rings. The van der Waals surface area contributed by atoms with Gasteiger partial charge < -0.3 is 15.1 Å². The van der Waals surface area contributed by atoms with E-state index in [4.69, 9.17) is 0 Å². The van der Waals surface area contributed by atoms with Gasteiger partial charge in [0.1, 0.15) is 6.54 Å². The highest BCUT2D eigenvalue weighted by molar-refractivity contribution is 5.76. The summed E-state index contributed by atoms with van der Waals surface area (Å²) in [6.07, 6.45) is 9.51. The Kier molecular flexibility index (Phi) is 7.50. The van der Waals surface area contributed by atoms with Gasteiger partial charge in [-0.3, -0.25) is 9.48 Å². The van der Waals surface area contributed by atoms with Crippen molar-refractivity contribution in [1.29, 1.82) is 0 Å². The molecule has 1 atom stereocenters. The first-order valence-corrected chi connectivity index (χ1v) is 10.5. The number of amides is 1. The Hall–Kier alpha value is -1.40. The van der Waals surface area contributed by atoms with Crippen LogP contribution in [0.1, 0.15) is 57.1 Å². The molecule has 3 rings (SSSR count). The molecule has 1 aromatic heterocycles. The molecule has 2 aliphatic rings. The maximum atomic E-state index is 12.8. The average molecular weight is 362 g/mol. The second-order valence-electron chi connectivity index (χ2n) is 7.69. The van der Waals surface area contributed by atoms with Crippen LogP contribution in [0.15, 0.2) is 12.3 Å². The maximum Gasteiger partial charge on any atom is 0.244 e. The van der Waals surface area contributed by atoms with Gasteiger partial charge in [-0.2, -0.15) is 5.10 Å². The SMILES string of the molecule is CCN(CCN1CCCCCC1)C(=O)Cn1nccc1[C@@H]1CCCNC1. The van der Waals surface area contributed by atoms with Gasteiger partial charge in [0.2, 0.25) is 5.91 Å². The molecule has 0 radical (unpaired) electrons. The summed E-state index contributed by atoms with van der Waals surface area (Å²) >= 11 is 0. The highest BCUT2D eigenvalue weighted by Gasteiger charge is 2.21. The highest BCUT2D eigenvalue weighted by Crippen LogP contribution is 2.22. The number of nitrogens with one attached hydrogen (secondary N) is 1. The molecule has 146 valence electrons. The third-order valence-electron chi connectivity index (χ3n) is 5.87. The van der Waals surface area contributed by atoms with E-state index in [0.717, 1.165) is 32.7 Å². The Morgan fingerprint density at radius 2 is 2.08 bits per heavy atom. The fraction of sp³-hybridized carbons (Fsp3) is 0.800. The Balaban J connectivity index is 1.53. The molecule has 0 aromatic carbocycles. The van der Waals surface area contributed by atoms with Gasteiger partial charge in [-0.1, -0.05) is 12.8 Å². The van der Waals surface area contributed by atoms with E-state index in [1.807, 2.05) is 15.8 Å². The number of piperidine rings is 1. The molecule has 2 aliphatic heterocycles. The minimum absolute atomic E-state index is 0.191. The predicted molar refractivity (Wildman–Crippen MR) is 104 cm³/mol. The van der Waals surface area contributed by atoms with Gasteiger partial charge in [-0.05, 0) is 58.3 Å². The topological polar surface area (TPSA) is 53.4 Å². The van der Waals surface area contributed by atoms with Gasteiger partial charge in [-0.15, -0.1) is 0 Å². The van der Waals surface area contributed by atoms with Crippen LogP contribution in [0, 0.1) is 0 Å². The van der Waals surface area contributed by atoms with E-state index in [0.29, 0.717) is 12.5 Å². The molecule has 6 heteroatoms. The van der Waals surface area contributed by atoms with Crippen LogP contribution in [0.3, 0.4) is 0 Å². The van der Waals surface area contributed by atoms with Crippen molar-refractivity contribution in [3.63, 3.8) is 0 Å². The molecule has 0 spiro atoms. The second kappa shape index (κ2) is 10.1. The standard InChI is InChI=1S/C20H35N5O/c1-2-24(15-14-23-12-5-3-4-6-13-23)20(26)17-25-19(9-11-22-25)18-8-7-10-21-16-18/h9,11,18,21H,2-8,10,12-17H2,1H3/t18-/m1/s1. The number of likely N-dealkylation sites (tertiary alicyclic amines) is 1. The number of carbonyl (C=O) groups excluding carboxylic acids is 1. The number of hydrogen-bond acceptors (Lipinski definition) is 4. The van der Waals surface area contributed by atoms with E-state index in [1.165, 1.54) is 57.3 Å². The van der Waals surface area contributed by atoms with Crippen LogP contribution in [0.4, 0.5) is 0 Å². The van der Waals surface area contributed by atoms with Crippen LogP contribution in [-0.2, 0) is 11.3 Å². The van der Waals surface area contributed by atoms with Crippen LogP contribution >= 0.6 is 0 Å².